The Morgan fingerprint density at radius 3 is 2.29 bits per heavy atom. The van der Waals surface area contributed by atoms with Crippen molar-refractivity contribution in [1.29, 1.82) is 0 Å². The fourth-order valence-corrected chi connectivity index (χ4v) is 3.45. The lowest BCUT2D eigenvalue weighted by molar-refractivity contribution is 0.0635. The Morgan fingerprint density at radius 1 is 1.04 bits per heavy atom. The predicted octanol–water partition coefficient (Wildman–Crippen LogP) is 6.15. The highest BCUT2D eigenvalue weighted by atomic mass is 79.9. The largest absolute Gasteiger partial charge is 0.444 e. The second-order valence-electron chi connectivity index (χ2n) is 7.08. The summed E-state index contributed by atoms with van der Waals surface area (Å²) in [5.74, 6) is -0.113. The van der Waals surface area contributed by atoms with E-state index in [2.05, 4.69) is 26.2 Å². The molecule has 0 bridgehead atoms. The molecular weight excluding hydrogens is 440 g/mol. The van der Waals surface area contributed by atoms with Crippen LogP contribution < -0.4 is 5.32 Å². The minimum atomic E-state index is -0.553. The number of aromatic nitrogens is 1. The Bertz CT molecular complexity index is 990. The molecule has 0 aliphatic rings. The molecule has 1 amide bonds. The van der Waals surface area contributed by atoms with Gasteiger partial charge in [-0.05, 0) is 69.3 Å². The van der Waals surface area contributed by atoms with Crippen LogP contribution in [-0.2, 0) is 4.74 Å². The smallest absolute Gasteiger partial charge is 0.412 e. The summed E-state index contributed by atoms with van der Waals surface area (Å²) in [5.41, 5.74) is 1.95. The zero-order valence-corrected chi connectivity index (χ0v) is 18.1. The van der Waals surface area contributed by atoms with Crippen molar-refractivity contribution in [3.8, 4) is 10.6 Å². The first-order valence-electron chi connectivity index (χ1n) is 8.57. The lowest BCUT2D eigenvalue weighted by Gasteiger charge is -2.19. The molecule has 3 rings (SSSR count). The van der Waals surface area contributed by atoms with Gasteiger partial charge >= 0.3 is 6.09 Å². The Hall–Kier alpha value is -2.51. The summed E-state index contributed by atoms with van der Waals surface area (Å²) in [6, 6.07) is 14.4. The van der Waals surface area contributed by atoms with Gasteiger partial charge in [0.2, 0.25) is 5.78 Å². The van der Waals surface area contributed by atoms with Crippen molar-refractivity contribution < 1.29 is 14.3 Å². The topological polar surface area (TPSA) is 68.3 Å². The number of amides is 1. The molecule has 0 fully saturated rings. The van der Waals surface area contributed by atoms with E-state index in [9.17, 15) is 9.59 Å². The molecule has 1 aromatic heterocycles. The molecular formula is C21H19BrN2O3S. The van der Waals surface area contributed by atoms with Gasteiger partial charge in [-0.2, -0.15) is 0 Å². The molecule has 0 saturated heterocycles. The molecule has 7 heteroatoms. The average Bonchev–Trinajstić information content (AvgIpc) is 3.11. The Balaban J connectivity index is 1.70. The molecule has 1 N–H and O–H groups in total. The van der Waals surface area contributed by atoms with Crippen LogP contribution in [0.25, 0.3) is 10.6 Å². The van der Waals surface area contributed by atoms with Crippen LogP contribution in [-0.4, -0.2) is 22.5 Å². The third kappa shape index (κ3) is 5.27. The number of ketones is 1. The molecule has 5 nitrogen and oxygen atoms in total. The fraction of sp³-hybridized carbons (Fsp3) is 0.190. The second kappa shape index (κ2) is 8.24. The maximum Gasteiger partial charge on any atom is 0.412 e. The van der Waals surface area contributed by atoms with Gasteiger partial charge in [-0.1, -0.05) is 15.9 Å². The molecule has 0 aliphatic carbocycles. The Labute approximate surface area is 175 Å². The van der Waals surface area contributed by atoms with Crippen LogP contribution in [0.15, 0.2) is 58.4 Å². The lowest BCUT2D eigenvalue weighted by atomic mass is 10.1. The van der Waals surface area contributed by atoms with E-state index in [1.807, 2.05) is 45.0 Å². The number of anilines is 1. The first kappa shape index (κ1) is 20.2. The first-order chi connectivity index (χ1) is 13.2. The highest BCUT2D eigenvalue weighted by Gasteiger charge is 2.17. The van der Waals surface area contributed by atoms with Gasteiger partial charge in [-0.3, -0.25) is 10.1 Å². The van der Waals surface area contributed by atoms with Crippen LogP contribution in [0.5, 0.6) is 0 Å². The normalized spacial score (nSPS) is 11.1. The van der Waals surface area contributed by atoms with Crippen molar-refractivity contribution in [3.05, 3.63) is 69.6 Å². The van der Waals surface area contributed by atoms with Gasteiger partial charge in [-0.25, -0.2) is 9.78 Å². The van der Waals surface area contributed by atoms with E-state index in [4.69, 9.17) is 4.74 Å². The maximum absolute atomic E-state index is 12.6. The van der Waals surface area contributed by atoms with Crippen LogP contribution in [0.2, 0.25) is 0 Å². The molecule has 0 aliphatic heterocycles. The molecule has 28 heavy (non-hydrogen) atoms. The molecule has 1 heterocycles. The molecule has 0 atom stereocenters. The molecule has 2 aromatic carbocycles. The van der Waals surface area contributed by atoms with E-state index < -0.39 is 11.7 Å². The summed E-state index contributed by atoms with van der Waals surface area (Å²) in [7, 11) is 0. The van der Waals surface area contributed by atoms with Crippen molar-refractivity contribution in [2.45, 2.75) is 26.4 Å². The second-order valence-corrected chi connectivity index (χ2v) is 8.85. The number of thiazole rings is 1. The van der Waals surface area contributed by atoms with Crippen molar-refractivity contribution in [3.63, 3.8) is 0 Å². The van der Waals surface area contributed by atoms with Crippen LogP contribution in [0, 0.1) is 0 Å². The number of hydrogen-bond acceptors (Lipinski definition) is 5. The van der Waals surface area contributed by atoms with Crippen LogP contribution in [0.4, 0.5) is 10.5 Å². The summed E-state index contributed by atoms with van der Waals surface area (Å²) in [6.45, 7) is 5.43. The van der Waals surface area contributed by atoms with Gasteiger partial charge in [0.15, 0.2) is 0 Å². The third-order valence-corrected chi connectivity index (χ3v) is 5.04. The number of rotatable bonds is 4. The Kier molecular flexibility index (Phi) is 5.96. The number of benzene rings is 2. The van der Waals surface area contributed by atoms with E-state index in [-0.39, 0.29) is 5.78 Å². The SMILES string of the molecule is CC(C)(C)OC(=O)Nc1ccc(-c2nc(C(=O)c3ccc(Br)cc3)cs2)cc1. The zero-order valence-electron chi connectivity index (χ0n) is 15.7. The van der Waals surface area contributed by atoms with E-state index in [0.29, 0.717) is 16.9 Å². The number of ether oxygens (including phenoxy) is 1. The van der Waals surface area contributed by atoms with E-state index in [0.717, 1.165) is 15.0 Å². The lowest BCUT2D eigenvalue weighted by Crippen LogP contribution is -2.27. The summed E-state index contributed by atoms with van der Waals surface area (Å²) in [6.07, 6.45) is -0.503. The third-order valence-electron chi connectivity index (χ3n) is 3.62. The van der Waals surface area contributed by atoms with Gasteiger partial charge < -0.3 is 4.74 Å². The summed E-state index contributed by atoms with van der Waals surface area (Å²) in [4.78, 5) is 28.9. The quantitative estimate of drug-likeness (QED) is 0.475. The van der Waals surface area contributed by atoms with Crippen molar-refractivity contribution in [2.24, 2.45) is 0 Å². The predicted molar refractivity (Wildman–Crippen MR) is 115 cm³/mol. The van der Waals surface area contributed by atoms with Crippen LogP contribution in [0.3, 0.4) is 0 Å². The fourth-order valence-electron chi connectivity index (χ4n) is 2.38. The number of carbonyl (C=O) groups is 2. The number of halogens is 1. The minimum absolute atomic E-state index is 0.113. The number of nitrogens with one attached hydrogen (secondary N) is 1. The number of hydrogen-bond donors (Lipinski definition) is 1. The van der Waals surface area contributed by atoms with Crippen molar-refractivity contribution in [1.82, 2.24) is 4.98 Å². The maximum atomic E-state index is 12.6. The minimum Gasteiger partial charge on any atom is -0.444 e. The van der Waals surface area contributed by atoms with Crippen LogP contribution in [0.1, 0.15) is 36.8 Å². The molecule has 144 valence electrons. The number of carbonyl (C=O) groups excluding carboxylic acids is 2. The molecule has 0 radical (unpaired) electrons. The zero-order chi connectivity index (χ0) is 20.3. The van der Waals surface area contributed by atoms with Crippen molar-refractivity contribution >= 4 is 44.8 Å². The highest BCUT2D eigenvalue weighted by molar-refractivity contribution is 9.10. The standard InChI is InChI=1S/C21H19BrN2O3S/c1-21(2,3)27-20(26)23-16-10-6-14(7-11-16)19-24-17(12-28-19)18(25)13-4-8-15(22)9-5-13/h4-12H,1-3H3,(H,23,26). The van der Waals surface area contributed by atoms with E-state index in [1.165, 1.54) is 11.3 Å². The van der Waals surface area contributed by atoms with Crippen molar-refractivity contribution in [2.75, 3.05) is 5.32 Å². The van der Waals surface area contributed by atoms with Gasteiger partial charge in [0.05, 0.1) is 0 Å². The van der Waals surface area contributed by atoms with Gasteiger partial charge in [-0.15, -0.1) is 11.3 Å². The summed E-state index contributed by atoms with van der Waals surface area (Å²) >= 11 is 4.76. The highest BCUT2D eigenvalue weighted by Crippen LogP contribution is 2.26. The molecule has 0 saturated carbocycles. The molecule has 0 unspecified atom stereocenters. The summed E-state index contributed by atoms with van der Waals surface area (Å²) < 4.78 is 6.15. The monoisotopic (exact) mass is 458 g/mol. The first-order valence-corrected chi connectivity index (χ1v) is 10.2. The number of nitrogens with zero attached hydrogens (tertiary/aromatic N) is 1. The van der Waals surface area contributed by atoms with Crippen LogP contribution >= 0.6 is 27.3 Å². The summed E-state index contributed by atoms with van der Waals surface area (Å²) in [5, 5.41) is 5.19. The average molecular weight is 459 g/mol. The van der Waals surface area contributed by atoms with Gasteiger partial charge in [0.25, 0.3) is 0 Å². The van der Waals surface area contributed by atoms with Gasteiger partial charge in [0.1, 0.15) is 16.3 Å². The van der Waals surface area contributed by atoms with Gasteiger partial charge in [0, 0.05) is 26.7 Å². The molecule has 3 aromatic rings. The Morgan fingerprint density at radius 2 is 1.68 bits per heavy atom. The van der Waals surface area contributed by atoms with E-state index in [1.54, 1.807) is 29.6 Å². The molecule has 0 spiro atoms. The van der Waals surface area contributed by atoms with E-state index >= 15 is 0 Å².